The fraction of sp³-hybridized carbons (Fsp3) is 0.667. The van der Waals surface area contributed by atoms with Crippen molar-refractivity contribution in [3.63, 3.8) is 0 Å². The molecule has 1 fully saturated rings. The Morgan fingerprint density at radius 2 is 1.93 bits per heavy atom. The van der Waals surface area contributed by atoms with Gasteiger partial charge in [-0.3, -0.25) is 4.79 Å². The number of hydrogen-bond donors (Lipinski definition) is 2. The quantitative estimate of drug-likeness (QED) is 0.723. The maximum Gasteiger partial charge on any atom is 0.254 e. The number of aromatic nitrogens is 3. The second kappa shape index (κ2) is 9.20. The first kappa shape index (κ1) is 19.6. The highest BCUT2D eigenvalue weighted by Gasteiger charge is 2.22. The molecule has 2 aromatic heterocycles. The van der Waals surface area contributed by atoms with Crippen molar-refractivity contribution in [2.75, 3.05) is 11.9 Å². The Morgan fingerprint density at radius 1 is 1.19 bits per heavy atom. The summed E-state index contributed by atoms with van der Waals surface area (Å²) in [5.74, 6) is 0.474. The van der Waals surface area contributed by atoms with Gasteiger partial charge < -0.3 is 10.6 Å². The van der Waals surface area contributed by atoms with Crippen molar-refractivity contribution in [2.24, 2.45) is 5.92 Å². The normalized spacial score (nSPS) is 15.4. The van der Waals surface area contributed by atoms with Gasteiger partial charge in [0.1, 0.15) is 0 Å². The van der Waals surface area contributed by atoms with E-state index >= 15 is 0 Å². The van der Waals surface area contributed by atoms with Gasteiger partial charge in [-0.25, -0.2) is 9.67 Å². The Balaban J connectivity index is 1.90. The smallest absolute Gasteiger partial charge is 0.254 e. The topological polar surface area (TPSA) is 71.8 Å². The van der Waals surface area contributed by atoms with Gasteiger partial charge in [0, 0.05) is 25.3 Å². The van der Waals surface area contributed by atoms with Gasteiger partial charge in [0.15, 0.2) is 5.65 Å². The number of amides is 1. The zero-order chi connectivity index (χ0) is 19.2. The van der Waals surface area contributed by atoms with E-state index in [0.29, 0.717) is 24.1 Å². The Hall–Kier alpha value is -2.11. The lowest BCUT2D eigenvalue weighted by atomic mass is 9.95. The first-order valence-corrected chi connectivity index (χ1v) is 10.6. The van der Waals surface area contributed by atoms with Gasteiger partial charge in [0.05, 0.1) is 22.8 Å². The Morgan fingerprint density at radius 3 is 2.59 bits per heavy atom. The molecule has 0 spiro atoms. The van der Waals surface area contributed by atoms with E-state index in [9.17, 15) is 4.79 Å². The summed E-state index contributed by atoms with van der Waals surface area (Å²) in [4.78, 5) is 17.5. The lowest BCUT2D eigenvalue weighted by Gasteiger charge is -2.25. The van der Waals surface area contributed by atoms with E-state index in [1.54, 1.807) is 6.20 Å². The minimum absolute atomic E-state index is 0.0427. The third-order valence-corrected chi connectivity index (χ3v) is 5.87. The highest BCUT2D eigenvalue weighted by Crippen LogP contribution is 2.30. The number of pyridine rings is 1. The fourth-order valence-electron chi connectivity index (χ4n) is 3.95. The first-order chi connectivity index (χ1) is 13.2. The van der Waals surface area contributed by atoms with E-state index in [-0.39, 0.29) is 5.91 Å². The van der Waals surface area contributed by atoms with E-state index in [2.05, 4.69) is 41.5 Å². The Kier molecular flexibility index (Phi) is 6.69. The van der Waals surface area contributed by atoms with Gasteiger partial charge in [-0.1, -0.05) is 46.0 Å². The molecule has 1 amide bonds. The molecule has 6 heteroatoms. The van der Waals surface area contributed by atoms with Crippen LogP contribution in [0.4, 0.5) is 5.69 Å². The van der Waals surface area contributed by atoms with E-state index < -0.39 is 0 Å². The van der Waals surface area contributed by atoms with Gasteiger partial charge >= 0.3 is 0 Å². The van der Waals surface area contributed by atoms with E-state index in [1.807, 2.05) is 10.9 Å². The largest absolute Gasteiger partial charge is 0.381 e. The molecule has 27 heavy (non-hydrogen) atoms. The molecule has 2 heterocycles. The average molecular weight is 372 g/mol. The molecule has 0 radical (unpaired) electrons. The lowest BCUT2D eigenvalue weighted by Crippen LogP contribution is -2.31. The predicted octanol–water partition coefficient (Wildman–Crippen LogP) is 4.36. The number of aryl methyl sites for hydroxylation is 1. The maximum atomic E-state index is 12.9. The third kappa shape index (κ3) is 4.42. The number of rotatable bonds is 8. The molecule has 0 aliphatic heterocycles. The van der Waals surface area contributed by atoms with E-state index in [4.69, 9.17) is 0 Å². The van der Waals surface area contributed by atoms with Crippen molar-refractivity contribution < 1.29 is 4.79 Å². The highest BCUT2D eigenvalue weighted by molar-refractivity contribution is 6.06. The molecule has 2 N–H and O–H groups in total. The van der Waals surface area contributed by atoms with Crippen LogP contribution < -0.4 is 10.6 Å². The standard InChI is InChI=1S/C21H33N5O/c1-4-15(5-2)12-23-21(27)18-13-22-20-17(14-24-26(20)6-3)19(18)25-16-10-8-7-9-11-16/h13-16H,4-12H2,1-3H3,(H,22,25)(H,23,27). The fourth-order valence-corrected chi connectivity index (χ4v) is 3.95. The number of carbonyl (C=O) groups is 1. The molecule has 0 aromatic carbocycles. The second-order valence-corrected chi connectivity index (χ2v) is 7.62. The van der Waals surface area contributed by atoms with Gasteiger partial charge in [0.2, 0.25) is 0 Å². The molecule has 0 saturated heterocycles. The summed E-state index contributed by atoms with van der Waals surface area (Å²) >= 11 is 0. The van der Waals surface area contributed by atoms with Gasteiger partial charge in [-0.15, -0.1) is 0 Å². The number of carbonyl (C=O) groups excluding carboxylic acids is 1. The summed E-state index contributed by atoms with van der Waals surface area (Å²) in [6.07, 6.45) is 11.8. The van der Waals surface area contributed by atoms with Crippen molar-refractivity contribution in [3.05, 3.63) is 18.0 Å². The molecule has 1 saturated carbocycles. The van der Waals surface area contributed by atoms with Crippen LogP contribution in [0.3, 0.4) is 0 Å². The van der Waals surface area contributed by atoms with Crippen LogP contribution >= 0.6 is 0 Å². The molecule has 1 aliphatic carbocycles. The Bertz CT molecular complexity index is 759. The van der Waals surface area contributed by atoms with E-state index in [0.717, 1.165) is 48.9 Å². The zero-order valence-electron chi connectivity index (χ0n) is 16.9. The molecule has 0 atom stereocenters. The lowest BCUT2D eigenvalue weighted by molar-refractivity contribution is 0.0947. The van der Waals surface area contributed by atoms with Crippen LogP contribution in [0.25, 0.3) is 11.0 Å². The summed E-state index contributed by atoms with van der Waals surface area (Å²) in [5.41, 5.74) is 2.37. The van der Waals surface area contributed by atoms with Crippen LogP contribution in [0.1, 0.15) is 76.1 Å². The number of nitrogens with one attached hydrogen (secondary N) is 2. The van der Waals surface area contributed by atoms with Gasteiger partial charge in [-0.05, 0) is 25.7 Å². The maximum absolute atomic E-state index is 12.9. The van der Waals surface area contributed by atoms with Crippen molar-refractivity contribution in [1.82, 2.24) is 20.1 Å². The number of hydrogen-bond acceptors (Lipinski definition) is 4. The summed E-state index contributed by atoms with van der Waals surface area (Å²) in [7, 11) is 0. The molecule has 3 rings (SSSR count). The van der Waals surface area contributed by atoms with Crippen molar-refractivity contribution in [3.8, 4) is 0 Å². The molecular formula is C21H33N5O. The summed E-state index contributed by atoms with van der Waals surface area (Å²) < 4.78 is 1.88. The van der Waals surface area contributed by atoms with Crippen molar-refractivity contribution >= 4 is 22.6 Å². The average Bonchev–Trinajstić information content (AvgIpc) is 3.13. The molecule has 6 nitrogen and oxygen atoms in total. The molecule has 0 unspecified atom stereocenters. The van der Waals surface area contributed by atoms with Gasteiger partial charge in [-0.2, -0.15) is 5.10 Å². The monoisotopic (exact) mass is 371 g/mol. The van der Waals surface area contributed by atoms with E-state index in [1.165, 1.54) is 19.3 Å². The van der Waals surface area contributed by atoms with Crippen molar-refractivity contribution in [1.29, 1.82) is 0 Å². The second-order valence-electron chi connectivity index (χ2n) is 7.62. The van der Waals surface area contributed by atoms with Crippen LogP contribution in [0.15, 0.2) is 12.4 Å². The minimum Gasteiger partial charge on any atom is -0.381 e. The van der Waals surface area contributed by atoms with Crippen LogP contribution in [-0.2, 0) is 6.54 Å². The minimum atomic E-state index is -0.0427. The summed E-state index contributed by atoms with van der Waals surface area (Å²) in [6.45, 7) is 7.87. The van der Waals surface area contributed by atoms with Crippen LogP contribution in [0, 0.1) is 5.92 Å². The molecule has 148 valence electrons. The number of nitrogens with zero attached hydrogens (tertiary/aromatic N) is 3. The predicted molar refractivity (Wildman–Crippen MR) is 110 cm³/mol. The molecule has 0 bridgehead atoms. The van der Waals surface area contributed by atoms with Crippen LogP contribution in [0.5, 0.6) is 0 Å². The first-order valence-electron chi connectivity index (χ1n) is 10.6. The molecular weight excluding hydrogens is 338 g/mol. The SMILES string of the molecule is CCC(CC)CNC(=O)c1cnc2c(cnn2CC)c1NC1CCCCC1. The summed E-state index contributed by atoms with van der Waals surface area (Å²) in [6, 6.07) is 0.417. The van der Waals surface area contributed by atoms with Crippen LogP contribution in [-0.4, -0.2) is 33.3 Å². The number of anilines is 1. The summed E-state index contributed by atoms with van der Waals surface area (Å²) in [5, 5.41) is 12.2. The van der Waals surface area contributed by atoms with Crippen LogP contribution in [0.2, 0.25) is 0 Å². The van der Waals surface area contributed by atoms with Crippen molar-refractivity contribution in [2.45, 2.75) is 78.3 Å². The van der Waals surface area contributed by atoms with Gasteiger partial charge in [0.25, 0.3) is 5.91 Å². The highest BCUT2D eigenvalue weighted by atomic mass is 16.1. The molecule has 2 aromatic rings. The zero-order valence-corrected chi connectivity index (χ0v) is 16.9. The third-order valence-electron chi connectivity index (χ3n) is 5.87. The molecule has 1 aliphatic rings. The Labute approximate surface area is 162 Å². The number of fused-ring (bicyclic) bond motifs is 1.